The zero-order valence-electron chi connectivity index (χ0n) is 13.6. The molecule has 0 radical (unpaired) electrons. The molecule has 1 N–H and O–H groups in total. The maximum absolute atomic E-state index is 12.5. The Labute approximate surface area is 142 Å². The second-order valence-corrected chi connectivity index (χ2v) is 7.62. The Hall–Kier alpha value is -1.56. The molecule has 0 bridgehead atoms. The number of methoxy groups -OCH3 is 1. The monoisotopic (exact) mass is 353 g/mol. The van der Waals surface area contributed by atoms with Crippen LogP contribution in [0.15, 0.2) is 41.3 Å². The fraction of sp³-hybridized carbons (Fsp3) is 0.294. The molecule has 0 saturated heterocycles. The molecule has 23 heavy (non-hydrogen) atoms. The Morgan fingerprint density at radius 2 is 1.83 bits per heavy atom. The smallest absolute Gasteiger partial charge is 0.241 e. The van der Waals surface area contributed by atoms with Crippen molar-refractivity contribution in [1.29, 1.82) is 0 Å². The fourth-order valence-corrected chi connectivity index (χ4v) is 4.06. The van der Waals surface area contributed by atoms with Gasteiger partial charge in [-0.05, 0) is 50.1 Å². The van der Waals surface area contributed by atoms with Crippen LogP contribution in [0.4, 0.5) is 0 Å². The van der Waals surface area contributed by atoms with Crippen molar-refractivity contribution in [3.05, 3.63) is 58.1 Å². The van der Waals surface area contributed by atoms with Crippen LogP contribution in [0.1, 0.15) is 29.7 Å². The van der Waals surface area contributed by atoms with Crippen molar-refractivity contribution in [2.24, 2.45) is 0 Å². The molecule has 0 aromatic heterocycles. The second kappa shape index (κ2) is 6.91. The summed E-state index contributed by atoms with van der Waals surface area (Å²) in [6.45, 7) is 5.79. The van der Waals surface area contributed by atoms with Gasteiger partial charge in [-0.25, -0.2) is 13.1 Å². The summed E-state index contributed by atoms with van der Waals surface area (Å²) in [5.41, 5.74) is 3.13. The van der Waals surface area contributed by atoms with Crippen LogP contribution in [0.5, 0.6) is 5.75 Å². The van der Waals surface area contributed by atoms with Gasteiger partial charge < -0.3 is 4.74 Å². The van der Waals surface area contributed by atoms with E-state index in [1.54, 1.807) is 6.07 Å². The highest BCUT2D eigenvalue weighted by molar-refractivity contribution is 7.89. The average Bonchev–Trinajstić information content (AvgIpc) is 2.46. The summed E-state index contributed by atoms with van der Waals surface area (Å²) < 4.78 is 32.8. The number of hydrogen-bond acceptors (Lipinski definition) is 3. The van der Waals surface area contributed by atoms with Crippen LogP contribution in [0.3, 0.4) is 0 Å². The first kappa shape index (κ1) is 17.8. The number of aryl methyl sites for hydroxylation is 2. The third-order valence-corrected chi connectivity index (χ3v) is 5.49. The second-order valence-electron chi connectivity index (χ2n) is 5.50. The Morgan fingerprint density at radius 1 is 1.13 bits per heavy atom. The van der Waals surface area contributed by atoms with Crippen molar-refractivity contribution >= 4 is 21.6 Å². The predicted molar refractivity (Wildman–Crippen MR) is 92.7 cm³/mol. The van der Waals surface area contributed by atoms with Crippen molar-refractivity contribution in [1.82, 2.24) is 4.72 Å². The van der Waals surface area contributed by atoms with E-state index in [1.165, 1.54) is 19.2 Å². The normalized spacial score (nSPS) is 12.9. The van der Waals surface area contributed by atoms with Crippen LogP contribution in [-0.2, 0) is 10.0 Å². The number of nitrogens with one attached hydrogen (secondary N) is 1. The third kappa shape index (κ3) is 4.05. The highest BCUT2D eigenvalue weighted by Crippen LogP contribution is 2.28. The number of hydrogen-bond donors (Lipinski definition) is 1. The summed E-state index contributed by atoms with van der Waals surface area (Å²) in [7, 11) is -2.19. The van der Waals surface area contributed by atoms with Gasteiger partial charge in [0.05, 0.1) is 17.0 Å². The molecule has 2 aromatic rings. The zero-order chi connectivity index (χ0) is 17.2. The summed E-state index contributed by atoms with van der Waals surface area (Å²) in [5.74, 6) is 0.438. The Morgan fingerprint density at radius 3 is 2.39 bits per heavy atom. The molecule has 1 atom stereocenters. The molecule has 0 spiro atoms. The summed E-state index contributed by atoms with van der Waals surface area (Å²) in [6, 6.07) is 10.00. The van der Waals surface area contributed by atoms with Gasteiger partial charge in [0.15, 0.2) is 0 Å². The van der Waals surface area contributed by atoms with E-state index in [1.807, 2.05) is 39.0 Å². The molecular formula is C17H20ClNO3S. The van der Waals surface area contributed by atoms with Crippen LogP contribution in [0.2, 0.25) is 5.02 Å². The number of rotatable bonds is 5. The molecule has 4 nitrogen and oxygen atoms in total. The van der Waals surface area contributed by atoms with E-state index in [9.17, 15) is 8.42 Å². The van der Waals surface area contributed by atoms with Gasteiger partial charge in [0, 0.05) is 6.04 Å². The number of halogens is 1. The molecule has 0 aliphatic rings. The number of benzene rings is 2. The maximum Gasteiger partial charge on any atom is 0.241 e. The lowest BCUT2D eigenvalue weighted by Crippen LogP contribution is -2.27. The zero-order valence-corrected chi connectivity index (χ0v) is 15.1. The standard InChI is InChI=1S/C17H20ClNO3S/c1-11-5-7-15(12(2)9-11)13(3)19-23(20,21)14-6-8-17(22-4)16(18)10-14/h5-10,13,19H,1-4H3. The van der Waals surface area contributed by atoms with E-state index in [2.05, 4.69) is 4.72 Å². The summed E-state index contributed by atoms with van der Waals surface area (Å²) in [4.78, 5) is 0.111. The lowest BCUT2D eigenvalue weighted by Gasteiger charge is -2.17. The topological polar surface area (TPSA) is 55.4 Å². The molecule has 0 amide bonds. The van der Waals surface area contributed by atoms with Crippen molar-refractivity contribution in [3.63, 3.8) is 0 Å². The van der Waals surface area contributed by atoms with Gasteiger partial charge in [-0.3, -0.25) is 0 Å². The largest absolute Gasteiger partial charge is 0.495 e. The molecule has 124 valence electrons. The van der Waals surface area contributed by atoms with Crippen molar-refractivity contribution in [2.45, 2.75) is 31.7 Å². The quantitative estimate of drug-likeness (QED) is 0.883. The highest BCUT2D eigenvalue weighted by Gasteiger charge is 2.20. The van der Waals surface area contributed by atoms with Crippen molar-refractivity contribution in [2.75, 3.05) is 7.11 Å². The van der Waals surface area contributed by atoms with Crippen LogP contribution < -0.4 is 9.46 Å². The van der Waals surface area contributed by atoms with Crippen LogP contribution >= 0.6 is 11.6 Å². The minimum atomic E-state index is -3.67. The van der Waals surface area contributed by atoms with Crippen LogP contribution in [0.25, 0.3) is 0 Å². The molecule has 2 aromatic carbocycles. The van der Waals surface area contributed by atoms with Gasteiger partial charge in [0.25, 0.3) is 0 Å². The average molecular weight is 354 g/mol. The van der Waals surface area contributed by atoms with Gasteiger partial charge >= 0.3 is 0 Å². The summed E-state index contributed by atoms with van der Waals surface area (Å²) >= 11 is 6.01. The Kier molecular flexibility index (Phi) is 5.34. The van der Waals surface area contributed by atoms with Crippen LogP contribution in [0, 0.1) is 13.8 Å². The van der Waals surface area contributed by atoms with Gasteiger partial charge in [-0.2, -0.15) is 0 Å². The molecule has 1 unspecified atom stereocenters. The minimum Gasteiger partial charge on any atom is -0.495 e. The van der Waals surface area contributed by atoms with Gasteiger partial charge in [0.1, 0.15) is 5.75 Å². The number of ether oxygens (including phenoxy) is 1. The molecule has 0 heterocycles. The van der Waals surface area contributed by atoms with Gasteiger partial charge in [-0.15, -0.1) is 0 Å². The van der Waals surface area contributed by atoms with E-state index in [0.717, 1.165) is 16.7 Å². The Balaban J connectivity index is 2.28. The summed E-state index contributed by atoms with van der Waals surface area (Å²) in [5, 5.41) is 0.259. The minimum absolute atomic E-state index is 0.111. The molecule has 2 rings (SSSR count). The molecule has 0 fully saturated rings. The van der Waals surface area contributed by atoms with E-state index in [4.69, 9.17) is 16.3 Å². The van der Waals surface area contributed by atoms with Crippen molar-refractivity contribution < 1.29 is 13.2 Å². The van der Waals surface area contributed by atoms with Gasteiger partial charge in [0.2, 0.25) is 10.0 Å². The van der Waals surface area contributed by atoms with E-state index in [0.29, 0.717) is 5.75 Å². The Bertz CT molecular complexity index is 819. The van der Waals surface area contributed by atoms with E-state index >= 15 is 0 Å². The SMILES string of the molecule is COc1ccc(S(=O)(=O)NC(C)c2ccc(C)cc2C)cc1Cl. The molecular weight excluding hydrogens is 334 g/mol. The fourth-order valence-electron chi connectivity index (χ4n) is 2.49. The molecule has 0 aliphatic heterocycles. The first-order chi connectivity index (χ1) is 10.7. The van der Waals surface area contributed by atoms with Crippen molar-refractivity contribution in [3.8, 4) is 5.75 Å². The van der Waals surface area contributed by atoms with Crippen LogP contribution in [-0.4, -0.2) is 15.5 Å². The lowest BCUT2D eigenvalue weighted by atomic mass is 10.0. The highest BCUT2D eigenvalue weighted by atomic mass is 35.5. The first-order valence-electron chi connectivity index (χ1n) is 7.17. The molecule has 6 heteroatoms. The number of sulfonamides is 1. The first-order valence-corrected chi connectivity index (χ1v) is 9.03. The lowest BCUT2D eigenvalue weighted by molar-refractivity contribution is 0.414. The summed E-state index contributed by atoms with van der Waals surface area (Å²) in [6.07, 6.45) is 0. The van der Waals surface area contributed by atoms with E-state index in [-0.39, 0.29) is 16.0 Å². The molecule has 0 saturated carbocycles. The predicted octanol–water partition coefficient (Wildman–Crippen LogP) is 4.00. The van der Waals surface area contributed by atoms with Gasteiger partial charge in [-0.1, -0.05) is 35.4 Å². The third-order valence-electron chi connectivity index (χ3n) is 3.66. The molecule has 0 aliphatic carbocycles. The van der Waals surface area contributed by atoms with E-state index < -0.39 is 10.0 Å². The maximum atomic E-state index is 12.5.